The van der Waals surface area contributed by atoms with Crippen LogP contribution < -0.4 is 0 Å². The molecule has 0 aromatic heterocycles. The highest BCUT2D eigenvalue weighted by molar-refractivity contribution is 6.22. The molecule has 0 radical (unpaired) electrons. The minimum atomic E-state index is 0.116. The smallest absolute Gasteiger partial charge is 0.138 e. The Morgan fingerprint density at radius 2 is 2.38 bits per heavy atom. The lowest BCUT2D eigenvalue weighted by Crippen LogP contribution is -2.27. The summed E-state index contributed by atoms with van der Waals surface area (Å²) in [6, 6.07) is 0. The molecule has 3 aliphatic rings. The first-order valence-corrected chi connectivity index (χ1v) is 5.52. The summed E-state index contributed by atoms with van der Waals surface area (Å²) in [5.41, 5.74) is 0.198. The molecule has 70 valence electrons. The summed E-state index contributed by atoms with van der Waals surface area (Å²) >= 11 is 6.25. The monoisotopic (exact) mass is 196 g/mol. The second-order valence-corrected chi connectivity index (χ2v) is 5.20. The fraction of sp³-hybridized carbons (Fsp3) is 0.727. The second-order valence-electron chi connectivity index (χ2n) is 4.64. The Balaban J connectivity index is 2.08. The molecule has 0 amide bonds. The fourth-order valence-electron chi connectivity index (χ4n) is 3.66. The van der Waals surface area contributed by atoms with Crippen LogP contribution in [0.5, 0.6) is 0 Å². The SMILES string of the molecule is O=C1CCC23C=CCC2CC(Cl)C13. The van der Waals surface area contributed by atoms with E-state index in [2.05, 4.69) is 12.2 Å². The maximum atomic E-state index is 11.7. The molecular formula is C11H13ClO. The van der Waals surface area contributed by atoms with Crippen molar-refractivity contribution in [2.24, 2.45) is 17.3 Å². The van der Waals surface area contributed by atoms with Crippen LogP contribution in [-0.4, -0.2) is 11.2 Å². The van der Waals surface area contributed by atoms with Crippen molar-refractivity contribution in [3.05, 3.63) is 12.2 Å². The van der Waals surface area contributed by atoms with E-state index >= 15 is 0 Å². The van der Waals surface area contributed by atoms with Gasteiger partial charge in [0.05, 0.1) is 0 Å². The summed E-state index contributed by atoms with van der Waals surface area (Å²) < 4.78 is 0. The highest BCUT2D eigenvalue weighted by Gasteiger charge is 2.59. The van der Waals surface area contributed by atoms with Crippen LogP contribution in [0.3, 0.4) is 0 Å². The molecule has 1 spiro atoms. The number of hydrogen-bond donors (Lipinski definition) is 0. The molecule has 1 nitrogen and oxygen atoms in total. The van der Waals surface area contributed by atoms with Crippen LogP contribution in [0.1, 0.15) is 25.7 Å². The molecule has 0 aromatic rings. The average Bonchev–Trinajstić information content (AvgIpc) is 2.65. The maximum absolute atomic E-state index is 11.7. The van der Waals surface area contributed by atoms with Gasteiger partial charge >= 0.3 is 0 Å². The van der Waals surface area contributed by atoms with Crippen LogP contribution in [0.4, 0.5) is 0 Å². The van der Waals surface area contributed by atoms with E-state index in [0.29, 0.717) is 11.7 Å². The van der Waals surface area contributed by atoms with E-state index in [1.54, 1.807) is 0 Å². The van der Waals surface area contributed by atoms with Gasteiger partial charge in [0, 0.05) is 23.1 Å². The lowest BCUT2D eigenvalue weighted by molar-refractivity contribution is -0.121. The first-order chi connectivity index (χ1) is 6.24. The summed E-state index contributed by atoms with van der Waals surface area (Å²) in [6.45, 7) is 0. The number of allylic oxidation sites excluding steroid dienone is 2. The minimum Gasteiger partial charge on any atom is -0.299 e. The molecule has 0 heterocycles. The Kier molecular flexibility index (Phi) is 1.48. The van der Waals surface area contributed by atoms with Crippen LogP contribution in [0, 0.1) is 17.3 Å². The molecule has 4 atom stereocenters. The molecule has 3 rings (SSSR count). The highest BCUT2D eigenvalue weighted by atomic mass is 35.5. The Morgan fingerprint density at radius 3 is 3.23 bits per heavy atom. The van der Waals surface area contributed by atoms with Gasteiger partial charge in [0.25, 0.3) is 0 Å². The number of rotatable bonds is 0. The van der Waals surface area contributed by atoms with Crippen LogP contribution >= 0.6 is 11.6 Å². The van der Waals surface area contributed by atoms with E-state index in [0.717, 1.165) is 25.7 Å². The summed E-state index contributed by atoms with van der Waals surface area (Å²) in [5, 5.41) is 0.116. The Hall–Kier alpha value is -0.300. The van der Waals surface area contributed by atoms with E-state index < -0.39 is 0 Å². The third kappa shape index (κ3) is 0.817. The van der Waals surface area contributed by atoms with Crippen molar-refractivity contribution in [1.29, 1.82) is 0 Å². The van der Waals surface area contributed by atoms with Gasteiger partial charge in [-0.1, -0.05) is 12.2 Å². The van der Waals surface area contributed by atoms with Gasteiger partial charge in [-0.25, -0.2) is 0 Å². The van der Waals surface area contributed by atoms with Gasteiger partial charge in [-0.05, 0) is 25.2 Å². The molecule has 2 heteroatoms. The van der Waals surface area contributed by atoms with E-state index in [-0.39, 0.29) is 16.7 Å². The third-order valence-electron chi connectivity index (χ3n) is 4.21. The molecule has 0 saturated heterocycles. The van der Waals surface area contributed by atoms with Crippen molar-refractivity contribution in [3.63, 3.8) is 0 Å². The number of Topliss-reactive ketones (excluding diaryl/α,β-unsaturated/α-hetero) is 1. The van der Waals surface area contributed by atoms with E-state index in [4.69, 9.17) is 11.6 Å². The molecule has 0 N–H and O–H groups in total. The zero-order valence-corrected chi connectivity index (χ0v) is 8.26. The first kappa shape index (κ1) is 8.05. The van der Waals surface area contributed by atoms with Crippen molar-refractivity contribution >= 4 is 17.4 Å². The number of alkyl halides is 1. The standard InChI is InChI=1S/C11H13ClO/c12-8-6-7-2-1-4-11(7)5-3-9(13)10(8)11/h1,4,7-8,10H,2-3,5-6H2. The van der Waals surface area contributed by atoms with Crippen molar-refractivity contribution in [1.82, 2.24) is 0 Å². The molecule has 3 aliphatic carbocycles. The van der Waals surface area contributed by atoms with Gasteiger partial charge in [-0.2, -0.15) is 0 Å². The lowest BCUT2D eigenvalue weighted by Gasteiger charge is -2.26. The van der Waals surface area contributed by atoms with Crippen molar-refractivity contribution < 1.29 is 4.79 Å². The minimum absolute atomic E-state index is 0.116. The van der Waals surface area contributed by atoms with Crippen molar-refractivity contribution in [3.8, 4) is 0 Å². The van der Waals surface area contributed by atoms with Gasteiger partial charge in [-0.3, -0.25) is 4.79 Å². The molecule has 0 aromatic carbocycles. The number of hydrogen-bond acceptors (Lipinski definition) is 1. The number of halogens is 1. The molecule has 13 heavy (non-hydrogen) atoms. The predicted molar refractivity (Wildman–Crippen MR) is 51.7 cm³/mol. The quantitative estimate of drug-likeness (QED) is 0.430. The summed E-state index contributed by atoms with van der Waals surface area (Å²) in [4.78, 5) is 11.7. The van der Waals surface area contributed by atoms with Gasteiger partial charge in [0.2, 0.25) is 0 Å². The topological polar surface area (TPSA) is 17.1 Å². The first-order valence-electron chi connectivity index (χ1n) is 5.08. The molecule has 2 saturated carbocycles. The normalized spacial score (nSPS) is 52.7. The predicted octanol–water partition coefficient (Wildman–Crippen LogP) is 2.54. The molecule has 2 fully saturated rings. The van der Waals surface area contributed by atoms with Crippen molar-refractivity contribution in [2.45, 2.75) is 31.1 Å². The summed E-state index contributed by atoms with van der Waals surface area (Å²) in [6.07, 6.45) is 8.54. The zero-order chi connectivity index (χ0) is 9.05. The number of carbonyl (C=O) groups is 1. The average molecular weight is 197 g/mol. The van der Waals surface area contributed by atoms with Gasteiger partial charge in [-0.15, -0.1) is 11.6 Å². The highest BCUT2D eigenvalue weighted by Crippen LogP contribution is 2.61. The Bertz CT molecular complexity index is 296. The Labute approximate surface area is 83.1 Å². The molecule has 0 bridgehead atoms. The lowest BCUT2D eigenvalue weighted by atomic mass is 9.76. The largest absolute Gasteiger partial charge is 0.299 e. The molecule has 0 aliphatic heterocycles. The van der Waals surface area contributed by atoms with E-state index in [1.807, 2.05) is 0 Å². The van der Waals surface area contributed by atoms with E-state index in [9.17, 15) is 4.79 Å². The van der Waals surface area contributed by atoms with Gasteiger partial charge < -0.3 is 0 Å². The Morgan fingerprint density at radius 1 is 1.54 bits per heavy atom. The fourth-order valence-corrected chi connectivity index (χ4v) is 4.25. The molecular weight excluding hydrogens is 184 g/mol. The van der Waals surface area contributed by atoms with Crippen LogP contribution in [0.15, 0.2) is 12.2 Å². The summed E-state index contributed by atoms with van der Waals surface area (Å²) in [5.74, 6) is 1.23. The van der Waals surface area contributed by atoms with Crippen molar-refractivity contribution in [2.75, 3.05) is 0 Å². The van der Waals surface area contributed by atoms with Crippen LogP contribution in [-0.2, 0) is 4.79 Å². The number of carbonyl (C=O) groups excluding carboxylic acids is 1. The third-order valence-corrected chi connectivity index (χ3v) is 4.64. The van der Waals surface area contributed by atoms with Crippen LogP contribution in [0.25, 0.3) is 0 Å². The van der Waals surface area contributed by atoms with Crippen LogP contribution in [0.2, 0.25) is 0 Å². The van der Waals surface area contributed by atoms with E-state index in [1.165, 1.54) is 0 Å². The van der Waals surface area contributed by atoms with Gasteiger partial charge in [0.15, 0.2) is 0 Å². The van der Waals surface area contributed by atoms with Gasteiger partial charge in [0.1, 0.15) is 5.78 Å². The number of ketones is 1. The second kappa shape index (κ2) is 2.38. The maximum Gasteiger partial charge on any atom is 0.138 e. The molecule has 4 unspecified atom stereocenters. The summed E-state index contributed by atoms with van der Waals surface area (Å²) in [7, 11) is 0. The zero-order valence-electron chi connectivity index (χ0n) is 7.50.